The first-order chi connectivity index (χ1) is 16.4. The SMILES string of the molecule is Cc1c2[nH]c3c(cccc13)NC(=O)NCCCCNC(=O)Nc1cccc3c(C)c([nH]c13)C2C. The summed E-state index contributed by atoms with van der Waals surface area (Å²) < 4.78 is 0. The van der Waals surface area contributed by atoms with E-state index in [0.29, 0.717) is 13.1 Å². The molecule has 2 aromatic carbocycles. The molecule has 0 atom stereocenters. The Kier molecular flexibility index (Phi) is 5.65. The van der Waals surface area contributed by atoms with Gasteiger partial charge in [-0.1, -0.05) is 31.2 Å². The highest BCUT2D eigenvalue weighted by Gasteiger charge is 2.22. The third-order valence-corrected chi connectivity index (χ3v) is 6.80. The topological polar surface area (TPSA) is 114 Å². The molecule has 0 saturated carbocycles. The molecule has 1 aliphatic heterocycles. The predicted octanol–water partition coefficient (Wildman–Crippen LogP) is 5.45. The molecule has 8 nitrogen and oxygen atoms in total. The van der Waals surface area contributed by atoms with Gasteiger partial charge in [0, 0.05) is 41.2 Å². The van der Waals surface area contributed by atoms with E-state index in [1.54, 1.807) is 0 Å². The van der Waals surface area contributed by atoms with Crippen molar-refractivity contribution in [2.75, 3.05) is 23.7 Å². The van der Waals surface area contributed by atoms with Crippen LogP contribution in [0.4, 0.5) is 21.0 Å². The summed E-state index contributed by atoms with van der Waals surface area (Å²) in [6, 6.07) is 11.4. The number of benzene rings is 2. The molecule has 176 valence electrons. The quantitative estimate of drug-likeness (QED) is 0.210. The van der Waals surface area contributed by atoms with Crippen LogP contribution in [0.25, 0.3) is 21.8 Å². The molecule has 0 saturated heterocycles. The Morgan fingerprint density at radius 3 is 1.59 bits per heavy atom. The van der Waals surface area contributed by atoms with Crippen LogP contribution in [0.1, 0.15) is 48.2 Å². The van der Waals surface area contributed by atoms with Gasteiger partial charge in [-0.25, -0.2) is 9.59 Å². The highest BCUT2D eigenvalue weighted by Crippen LogP contribution is 2.37. The summed E-state index contributed by atoms with van der Waals surface area (Å²) in [6.45, 7) is 7.44. The number of aromatic amines is 2. The first kappa shape index (κ1) is 21.9. The van der Waals surface area contributed by atoms with Crippen molar-refractivity contribution in [2.45, 2.75) is 39.5 Å². The molecule has 4 bridgehead atoms. The maximum atomic E-state index is 12.5. The van der Waals surface area contributed by atoms with Gasteiger partial charge in [0.15, 0.2) is 0 Å². The molecule has 8 heteroatoms. The van der Waals surface area contributed by atoms with Gasteiger partial charge < -0.3 is 31.2 Å². The molecule has 0 fully saturated rings. The molecule has 1 aliphatic rings. The fourth-order valence-electron chi connectivity index (χ4n) is 4.95. The number of amides is 4. The number of H-pyrrole nitrogens is 2. The minimum Gasteiger partial charge on any atom is -0.356 e. The zero-order valence-electron chi connectivity index (χ0n) is 19.7. The van der Waals surface area contributed by atoms with Gasteiger partial charge in [0.25, 0.3) is 0 Å². The van der Waals surface area contributed by atoms with Crippen molar-refractivity contribution in [2.24, 2.45) is 0 Å². The van der Waals surface area contributed by atoms with Gasteiger partial charge in [-0.2, -0.15) is 0 Å². The second-order valence-corrected chi connectivity index (χ2v) is 8.97. The zero-order valence-corrected chi connectivity index (χ0v) is 19.7. The van der Waals surface area contributed by atoms with Crippen LogP contribution in [0.3, 0.4) is 0 Å². The number of aryl methyl sites for hydroxylation is 2. The van der Waals surface area contributed by atoms with E-state index in [4.69, 9.17) is 0 Å². The molecule has 4 amide bonds. The lowest BCUT2D eigenvalue weighted by Gasteiger charge is -2.11. The molecule has 6 N–H and O–H groups in total. The third kappa shape index (κ3) is 3.85. The maximum absolute atomic E-state index is 12.5. The Labute approximate surface area is 197 Å². The molecule has 0 aliphatic carbocycles. The van der Waals surface area contributed by atoms with Crippen LogP contribution in [-0.4, -0.2) is 35.1 Å². The first-order valence-corrected chi connectivity index (χ1v) is 11.8. The number of carbonyl (C=O) groups excluding carboxylic acids is 2. The van der Waals surface area contributed by atoms with E-state index >= 15 is 0 Å². The second kappa shape index (κ2) is 8.78. The Bertz CT molecular complexity index is 1290. The molecule has 2 aromatic heterocycles. The van der Waals surface area contributed by atoms with Crippen LogP contribution in [0.5, 0.6) is 0 Å². The van der Waals surface area contributed by atoms with Gasteiger partial charge in [0.05, 0.1) is 22.4 Å². The normalized spacial score (nSPS) is 16.0. The van der Waals surface area contributed by atoms with Crippen molar-refractivity contribution >= 4 is 45.2 Å². The van der Waals surface area contributed by atoms with Gasteiger partial charge in [-0.05, 0) is 49.9 Å². The average molecular weight is 459 g/mol. The highest BCUT2D eigenvalue weighted by atomic mass is 16.2. The van der Waals surface area contributed by atoms with Gasteiger partial charge in [0.2, 0.25) is 0 Å². The summed E-state index contributed by atoms with van der Waals surface area (Å²) in [5.41, 5.74) is 7.81. The number of hydrogen-bond acceptors (Lipinski definition) is 2. The van der Waals surface area contributed by atoms with E-state index in [1.807, 2.05) is 24.3 Å². The first-order valence-electron chi connectivity index (χ1n) is 11.8. The van der Waals surface area contributed by atoms with E-state index < -0.39 is 0 Å². The van der Waals surface area contributed by atoms with Crippen LogP contribution in [0.15, 0.2) is 36.4 Å². The molecular weight excluding hydrogens is 428 g/mol. The summed E-state index contributed by atoms with van der Waals surface area (Å²) in [5, 5.41) is 13.9. The lowest BCUT2D eigenvalue weighted by molar-refractivity contribution is 0.250. The summed E-state index contributed by atoms with van der Waals surface area (Å²) >= 11 is 0. The third-order valence-electron chi connectivity index (χ3n) is 6.80. The number of hydrogen-bond donors (Lipinski definition) is 6. The number of rotatable bonds is 0. The summed E-state index contributed by atoms with van der Waals surface area (Å²) in [4.78, 5) is 32.2. The van der Waals surface area contributed by atoms with Crippen molar-refractivity contribution in [3.8, 4) is 0 Å². The van der Waals surface area contributed by atoms with Crippen LogP contribution in [0.2, 0.25) is 0 Å². The minimum absolute atomic E-state index is 0.0465. The van der Waals surface area contributed by atoms with E-state index in [0.717, 1.165) is 68.5 Å². The van der Waals surface area contributed by atoms with E-state index in [1.165, 1.54) is 0 Å². The van der Waals surface area contributed by atoms with E-state index in [2.05, 4.69) is 64.1 Å². The number of aromatic nitrogens is 2. The van der Waals surface area contributed by atoms with Crippen LogP contribution in [-0.2, 0) is 0 Å². The standard InChI is InChI=1S/C26H30N6O2/c1-14-17-8-6-10-19-23(17)31-21(14)16(3)22-15(2)18-9-7-11-20(24(18)32-22)30-26(34)28-13-5-4-12-27-25(33)29-19/h6-11,16,31-32H,4-5,12-13H2,1-3H3,(H2,27,29,33)(H2,28,30,34). The lowest BCUT2D eigenvalue weighted by Crippen LogP contribution is -2.32. The van der Waals surface area contributed by atoms with Gasteiger partial charge >= 0.3 is 12.1 Å². The minimum atomic E-state index is -0.240. The molecule has 4 aromatic rings. The fourth-order valence-corrected chi connectivity index (χ4v) is 4.95. The summed E-state index contributed by atoms with van der Waals surface area (Å²) in [5.74, 6) is 0.0465. The monoisotopic (exact) mass is 458 g/mol. The average Bonchev–Trinajstić information content (AvgIpc) is 3.34. The Morgan fingerprint density at radius 1 is 0.706 bits per heavy atom. The largest absolute Gasteiger partial charge is 0.356 e. The fraction of sp³-hybridized carbons (Fsp3) is 0.308. The van der Waals surface area contributed by atoms with E-state index in [-0.39, 0.29) is 18.0 Å². The Hall–Kier alpha value is -3.94. The van der Waals surface area contributed by atoms with Crippen LogP contribution in [0, 0.1) is 13.8 Å². The summed E-state index contributed by atoms with van der Waals surface area (Å²) in [7, 11) is 0. The molecule has 34 heavy (non-hydrogen) atoms. The molecule has 3 heterocycles. The summed E-state index contributed by atoms with van der Waals surface area (Å²) in [6.07, 6.45) is 1.52. The number of carbonyl (C=O) groups is 2. The number of para-hydroxylation sites is 2. The second-order valence-electron chi connectivity index (χ2n) is 8.97. The Balaban J connectivity index is 1.63. The molecule has 0 unspecified atom stereocenters. The molecular formula is C26H30N6O2. The molecule has 0 spiro atoms. The van der Waals surface area contributed by atoms with Crippen molar-refractivity contribution in [3.05, 3.63) is 58.9 Å². The Morgan fingerprint density at radius 2 is 1.15 bits per heavy atom. The van der Waals surface area contributed by atoms with Gasteiger partial charge in [0.1, 0.15) is 0 Å². The van der Waals surface area contributed by atoms with Gasteiger partial charge in [-0.15, -0.1) is 0 Å². The van der Waals surface area contributed by atoms with Crippen molar-refractivity contribution in [1.82, 2.24) is 20.6 Å². The number of fused-ring (bicyclic) bond motifs is 2. The van der Waals surface area contributed by atoms with Crippen molar-refractivity contribution in [3.63, 3.8) is 0 Å². The maximum Gasteiger partial charge on any atom is 0.319 e. The lowest BCUT2D eigenvalue weighted by atomic mass is 9.96. The number of urea groups is 2. The smallest absolute Gasteiger partial charge is 0.319 e. The molecule has 0 radical (unpaired) electrons. The number of nitrogens with one attached hydrogen (secondary N) is 6. The van der Waals surface area contributed by atoms with Gasteiger partial charge in [-0.3, -0.25) is 0 Å². The van der Waals surface area contributed by atoms with Crippen LogP contribution >= 0.6 is 0 Å². The number of anilines is 2. The van der Waals surface area contributed by atoms with Crippen molar-refractivity contribution < 1.29 is 9.59 Å². The van der Waals surface area contributed by atoms with E-state index in [9.17, 15) is 9.59 Å². The van der Waals surface area contributed by atoms with Crippen LogP contribution < -0.4 is 21.3 Å². The predicted molar refractivity (Wildman–Crippen MR) is 137 cm³/mol. The highest BCUT2D eigenvalue weighted by molar-refractivity contribution is 6.03. The zero-order chi connectivity index (χ0) is 23.8. The van der Waals surface area contributed by atoms with Crippen molar-refractivity contribution in [1.29, 1.82) is 0 Å². The molecule has 5 rings (SSSR count).